The molecule has 0 radical (unpaired) electrons. The molecule has 1 heterocycles. The van der Waals surface area contributed by atoms with Crippen molar-refractivity contribution in [2.24, 2.45) is 17.7 Å². The van der Waals surface area contributed by atoms with Crippen LogP contribution in [-0.2, 0) is 14.3 Å². The normalized spacial score (nSPS) is 19.8. The first kappa shape index (κ1) is 13.4. The molecule has 0 saturated carbocycles. The summed E-state index contributed by atoms with van der Waals surface area (Å²) in [5.74, 6) is 5.50. The van der Waals surface area contributed by atoms with Crippen LogP contribution in [0.1, 0.15) is 26.7 Å². The average molecular weight is 230 g/mol. The minimum atomic E-state index is -0.451. The van der Waals surface area contributed by atoms with E-state index in [-0.39, 0.29) is 11.8 Å². The highest BCUT2D eigenvalue weighted by atomic mass is 16.5. The Hall–Kier alpha value is -0.650. The van der Waals surface area contributed by atoms with Crippen LogP contribution >= 0.6 is 0 Å². The molecule has 1 amide bonds. The minimum Gasteiger partial charge on any atom is -0.381 e. The molecule has 5 heteroatoms. The average Bonchev–Trinajstić information content (AvgIpc) is 2.30. The summed E-state index contributed by atoms with van der Waals surface area (Å²) in [6.07, 6.45) is 1.57. The van der Waals surface area contributed by atoms with E-state index in [4.69, 9.17) is 15.3 Å². The van der Waals surface area contributed by atoms with Gasteiger partial charge >= 0.3 is 0 Å². The molecule has 0 aromatic heterocycles. The van der Waals surface area contributed by atoms with E-state index in [9.17, 15) is 4.79 Å². The molecule has 1 unspecified atom stereocenters. The van der Waals surface area contributed by atoms with Crippen molar-refractivity contribution < 1.29 is 14.3 Å². The lowest BCUT2D eigenvalue weighted by Crippen LogP contribution is -2.44. The first-order valence-corrected chi connectivity index (χ1v) is 5.85. The van der Waals surface area contributed by atoms with Gasteiger partial charge in [0, 0.05) is 13.2 Å². The number of amides is 1. The summed E-state index contributed by atoms with van der Waals surface area (Å²) in [6.45, 7) is 6.10. The van der Waals surface area contributed by atoms with Gasteiger partial charge in [-0.1, -0.05) is 13.8 Å². The molecule has 94 valence electrons. The van der Waals surface area contributed by atoms with Gasteiger partial charge < -0.3 is 9.47 Å². The van der Waals surface area contributed by atoms with Gasteiger partial charge in [-0.2, -0.15) is 0 Å². The molecule has 0 aromatic rings. The highest BCUT2D eigenvalue weighted by Crippen LogP contribution is 2.17. The summed E-state index contributed by atoms with van der Waals surface area (Å²) >= 11 is 0. The van der Waals surface area contributed by atoms with Crippen LogP contribution in [0.25, 0.3) is 0 Å². The van der Waals surface area contributed by atoms with Gasteiger partial charge in [-0.25, -0.2) is 5.84 Å². The molecule has 5 nitrogen and oxygen atoms in total. The number of hydrazine groups is 1. The Balaban J connectivity index is 2.34. The van der Waals surface area contributed by atoms with Crippen molar-refractivity contribution >= 4 is 5.91 Å². The number of hydrogen-bond acceptors (Lipinski definition) is 4. The van der Waals surface area contributed by atoms with E-state index in [0.717, 1.165) is 26.1 Å². The Bertz CT molecular complexity index is 215. The Labute approximate surface area is 96.6 Å². The number of ether oxygens (including phenoxy) is 2. The molecule has 1 rings (SSSR count). The van der Waals surface area contributed by atoms with E-state index in [1.165, 1.54) is 0 Å². The summed E-state index contributed by atoms with van der Waals surface area (Å²) in [5, 5.41) is 0. The molecule has 0 aliphatic carbocycles. The van der Waals surface area contributed by atoms with Gasteiger partial charge in [0.2, 0.25) is 0 Å². The van der Waals surface area contributed by atoms with Gasteiger partial charge in [-0.05, 0) is 24.7 Å². The number of nitrogens with one attached hydrogen (secondary N) is 1. The minimum absolute atomic E-state index is 0.128. The fourth-order valence-electron chi connectivity index (χ4n) is 1.81. The Morgan fingerprint density at radius 3 is 2.62 bits per heavy atom. The fourth-order valence-corrected chi connectivity index (χ4v) is 1.81. The van der Waals surface area contributed by atoms with Crippen molar-refractivity contribution in [3.63, 3.8) is 0 Å². The number of rotatable bonds is 5. The highest BCUT2D eigenvalue weighted by molar-refractivity contribution is 5.80. The maximum absolute atomic E-state index is 11.4. The van der Waals surface area contributed by atoms with Crippen LogP contribution < -0.4 is 11.3 Å². The van der Waals surface area contributed by atoms with Gasteiger partial charge in [0.05, 0.1) is 6.61 Å². The molecule has 1 aliphatic rings. The van der Waals surface area contributed by atoms with E-state index in [0.29, 0.717) is 12.5 Å². The van der Waals surface area contributed by atoms with Crippen molar-refractivity contribution in [3.8, 4) is 0 Å². The number of carbonyl (C=O) groups is 1. The first-order valence-electron chi connectivity index (χ1n) is 5.85. The van der Waals surface area contributed by atoms with E-state index < -0.39 is 6.10 Å². The number of hydrogen-bond donors (Lipinski definition) is 2. The van der Waals surface area contributed by atoms with Gasteiger partial charge in [-0.3, -0.25) is 10.2 Å². The van der Waals surface area contributed by atoms with E-state index in [1.54, 1.807) is 0 Å². The molecule has 16 heavy (non-hydrogen) atoms. The van der Waals surface area contributed by atoms with Gasteiger partial charge in [0.15, 0.2) is 0 Å². The van der Waals surface area contributed by atoms with Gasteiger partial charge in [-0.15, -0.1) is 0 Å². The molecule has 1 fully saturated rings. The molecule has 0 spiro atoms. The highest BCUT2D eigenvalue weighted by Gasteiger charge is 2.24. The van der Waals surface area contributed by atoms with Crippen molar-refractivity contribution in [2.75, 3.05) is 19.8 Å². The lowest BCUT2D eigenvalue weighted by Gasteiger charge is -2.25. The monoisotopic (exact) mass is 230 g/mol. The van der Waals surface area contributed by atoms with Crippen LogP contribution in [0.4, 0.5) is 0 Å². The predicted molar refractivity (Wildman–Crippen MR) is 60.5 cm³/mol. The van der Waals surface area contributed by atoms with E-state index in [2.05, 4.69) is 5.43 Å². The zero-order valence-corrected chi connectivity index (χ0v) is 10.1. The standard InChI is InChI=1S/C11H22N2O3/c1-8(2)10(11(14)13-12)16-7-9-3-5-15-6-4-9/h8-10H,3-7,12H2,1-2H3,(H,13,14). The second-order valence-corrected chi connectivity index (χ2v) is 4.56. The quantitative estimate of drug-likeness (QED) is 0.408. The molecule has 1 aliphatic heterocycles. The zero-order chi connectivity index (χ0) is 12.0. The maximum atomic E-state index is 11.4. The van der Waals surface area contributed by atoms with Gasteiger partial charge in [0.1, 0.15) is 6.10 Å². The second-order valence-electron chi connectivity index (χ2n) is 4.56. The summed E-state index contributed by atoms with van der Waals surface area (Å²) in [7, 11) is 0. The molecular weight excluding hydrogens is 208 g/mol. The zero-order valence-electron chi connectivity index (χ0n) is 10.1. The Morgan fingerprint density at radius 1 is 1.50 bits per heavy atom. The lowest BCUT2D eigenvalue weighted by atomic mass is 10.0. The third kappa shape index (κ3) is 4.08. The van der Waals surface area contributed by atoms with Crippen molar-refractivity contribution in [1.29, 1.82) is 0 Å². The molecule has 0 aromatic carbocycles. The van der Waals surface area contributed by atoms with Crippen molar-refractivity contribution in [2.45, 2.75) is 32.8 Å². The summed E-state index contributed by atoms with van der Waals surface area (Å²) in [6, 6.07) is 0. The summed E-state index contributed by atoms with van der Waals surface area (Å²) in [5.41, 5.74) is 2.15. The number of nitrogens with two attached hydrogens (primary N) is 1. The second kappa shape index (κ2) is 6.83. The van der Waals surface area contributed by atoms with Crippen LogP contribution in [0, 0.1) is 11.8 Å². The third-order valence-electron chi connectivity index (χ3n) is 2.86. The smallest absolute Gasteiger partial charge is 0.263 e. The topological polar surface area (TPSA) is 73.6 Å². The molecule has 0 bridgehead atoms. The SMILES string of the molecule is CC(C)C(OCC1CCOCC1)C(=O)NN. The van der Waals surface area contributed by atoms with Crippen LogP contribution in [0.15, 0.2) is 0 Å². The fraction of sp³-hybridized carbons (Fsp3) is 0.909. The van der Waals surface area contributed by atoms with E-state index in [1.807, 2.05) is 13.8 Å². The van der Waals surface area contributed by atoms with E-state index >= 15 is 0 Å². The lowest BCUT2D eigenvalue weighted by molar-refractivity contribution is -0.137. The maximum Gasteiger partial charge on any atom is 0.263 e. The summed E-state index contributed by atoms with van der Waals surface area (Å²) in [4.78, 5) is 11.4. The van der Waals surface area contributed by atoms with Crippen LogP contribution in [-0.4, -0.2) is 31.8 Å². The third-order valence-corrected chi connectivity index (χ3v) is 2.86. The molecule has 3 N–H and O–H groups in total. The van der Waals surface area contributed by atoms with Crippen LogP contribution in [0.5, 0.6) is 0 Å². The predicted octanol–water partition coefficient (Wildman–Crippen LogP) is 0.444. The van der Waals surface area contributed by atoms with Crippen LogP contribution in [0.3, 0.4) is 0 Å². The van der Waals surface area contributed by atoms with Gasteiger partial charge in [0.25, 0.3) is 5.91 Å². The molecule has 1 atom stereocenters. The Morgan fingerprint density at radius 2 is 2.12 bits per heavy atom. The Kier molecular flexibility index (Phi) is 5.73. The molecular formula is C11H22N2O3. The summed E-state index contributed by atoms with van der Waals surface area (Å²) < 4.78 is 10.9. The van der Waals surface area contributed by atoms with Crippen molar-refractivity contribution in [3.05, 3.63) is 0 Å². The number of carbonyl (C=O) groups excluding carboxylic acids is 1. The molecule has 1 saturated heterocycles. The van der Waals surface area contributed by atoms with Crippen LogP contribution in [0.2, 0.25) is 0 Å². The first-order chi connectivity index (χ1) is 7.65. The largest absolute Gasteiger partial charge is 0.381 e. The van der Waals surface area contributed by atoms with Crippen molar-refractivity contribution in [1.82, 2.24) is 5.43 Å².